The molecule has 7 nitrogen and oxygen atoms in total. The van der Waals surface area contributed by atoms with Crippen molar-refractivity contribution in [1.82, 2.24) is 9.80 Å². The van der Waals surface area contributed by atoms with Crippen LogP contribution in [0.1, 0.15) is 98.8 Å². The molecule has 0 spiro atoms. The van der Waals surface area contributed by atoms with Crippen molar-refractivity contribution in [2.45, 2.75) is 83.7 Å². The lowest BCUT2D eigenvalue weighted by Crippen LogP contribution is -2.47. The molecule has 0 unspecified atom stereocenters. The van der Waals surface area contributed by atoms with Crippen LogP contribution in [0.5, 0.6) is 0 Å². The largest absolute Gasteiger partial charge is 0.459 e. The van der Waals surface area contributed by atoms with Crippen LogP contribution in [-0.4, -0.2) is 65.1 Å². The Kier molecular flexibility index (Phi) is 9.39. The maximum absolute atomic E-state index is 12.4. The van der Waals surface area contributed by atoms with E-state index < -0.39 is 0 Å². The summed E-state index contributed by atoms with van der Waals surface area (Å²) in [5.41, 5.74) is 0.647. The molecule has 0 aliphatic carbocycles. The van der Waals surface area contributed by atoms with Crippen LogP contribution in [0.25, 0.3) is 0 Å². The minimum atomic E-state index is -0.383. The number of fused-ring (bicyclic) bond motifs is 1. The molecular weight excluding hydrogens is 432 g/mol. The third-order valence-electron chi connectivity index (χ3n) is 6.97. The maximum Gasteiger partial charge on any atom is 0.306 e. The predicted molar refractivity (Wildman–Crippen MR) is 130 cm³/mol. The summed E-state index contributed by atoms with van der Waals surface area (Å²) in [5.74, 6) is -0.590. The third kappa shape index (κ3) is 6.75. The number of piperidine rings is 1. The second kappa shape index (κ2) is 12.2. The van der Waals surface area contributed by atoms with Gasteiger partial charge in [-0.1, -0.05) is 38.3 Å². The molecule has 2 aliphatic heterocycles. The highest BCUT2D eigenvalue weighted by molar-refractivity contribution is 6.21. The summed E-state index contributed by atoms with van der Waals surface area (Å²) < 4.78 is 5.89. The lowest BCUT2D eigenvalue weighted by molar-refractivity contribution is -0.166. The quantitative estimate of drug-likeness (QED) is 0.242. The van der Waals surface area contributed by atoms with Gasteiger partial charge in [0.1, 0.15) is 11.4 Å². The number of amides is 2. The number of benzene rings is 1. The number of carbonyl (C=O) groups is 4. The topological polar surface area (TPSA) is 84.0 Å². The van der Waals surface area contributed by atoms with Crippen molar-refractivity contribution in [2.75, 3.05) is 26.2 Å². The molecule has 1 fully saturated rings. The first-order valence-electron chi connectivity index (χ1n) is 12.7. The van der Waals surface area contributed by atoms with Crippen molar-refractivity contribution in [3.05, 3.63) is 35.4 Å². The van der Waals surface area contributed by atoms with Gasteiger partial charge >= 0.3 is 5.97 Å². The summed E-state index contributed by atoms with van der Waals surface area (Å²) in [6, 6.07) is 7.02. The van der Waals surface area contributed by atoms with Crippen molar-refractivity contribution >= 4 is 23.6 Å². The first-order chi connectivity index (χ1) is 16.3. The number of unbranched alkanes of at least 4 members (excludes halogenated alkanes) is 3. The normalized spacial score (nSPS) is 17.6. The van der Waals surface area contributed by atoms with Crippen molar-refractivity contribution in [3.63, 3.8) is 0 Å². The van der Waals surface area contributed by atoms with Gasteiger partial charge in [-0.3, -0.25) is 19.3 Å². The Hall–Kier alpha value is -2.54. The number of carbonyl (C=O) groups excluding carboxylic acids is 4. The van der Waals surface area contributed by atoms with Crippen LogP contribution in [0.4, 0.5) is 0 Å². The van der Waals surface area contributed by atoms with E-state index in [-0.39, 0.29) is 42.0 Å². The van der Waals surface area contributed by atoms with E-state index in [0.29, 0.717) is 17.7 Å². The van der Waals surface area contributed by atoms with Gasteiger partial charge in [-0.15, -0.1) is 0 Å². The molecule has 0 saturated carbocycles. The monoisotopic (exact) mass is 470 g/mol. The van der Waals surface area contributed by atoms with Crippen LogP contribution in [0.3, 0.4) is 0 Å². The van der Waals surface area contributed by atoms with Gasteiger partial charge in [0.2, 0.25) is 0 Å². The number of hydrogen-bond donors (Lipinski definition) is 0. The number of esters is 1. The van der Waals surface area contributed by atoms with E-state index in [1.54, 1.807) is 24.3 Å². The van der Waals surface area contributed by atoms with Crippen LogP contribution in [0.15, 0.2) is 24.3 Å². The summed E-state index contributed by atoms with van der Waals surface area (Å²) in [7, 11) is 0. The molecule has 2 heterocycles. The molecule has 2 amide bonds. The van der Waals surface area contributed by atoms with Gasteiger partial charge in [-0.05, 0) is 57.7 Å². The zero-order valence-electron chi connectivity index (χ0n) is 20.6. The number of hydrogen-bond acceptors (Lipinski definition) is 6. The molecule has 1 aromatic carbocycles. The fraction of sp³-hybridized carbons (Fsp3) is 0.630. The average Bonchev–Trinajstić information content (AvgIpc) is 3.06. The van der Waals surface area contributed by atoms with Crippen LogP contribution in [0, 0.1) is 0 Å². The van der Waals surface area contributed by atoms with Crippen molar-refractivity contribution < 1.29 is 23.9 Å². The Balaban J connectivity index is 1.32. The number of ether oxygens (including phenoxy) is 1. The Morgan fingerprint density at radius 3 is 2.06 bits per heavy atom. The summed E-state index contributed by atoms with van der Waals surface area (Å²) in [4.78, 5) is 52.0. The molecular formula is C27H38N2O5. The molecule has 34 heavy (non-hydrogen) atoms. The standard InChI is InChI=1S/C27H38N2O5/c1-3-14-27(34-24(31)13-12-21(2)30)15-19-28(20-16-27)17-8-4-5-9-18-29-25(32)22-10-6-7-11-23(22)26(29)33/h6-7,10-11H,3-5,8-9,12-20H2,1-2H3. The highest BCUT2D eigenvalue weighted by atomic mass is 16.6. The molecule has 0 atom stereocenters. The van der Waals surface area contributed by atoms with Crippen LogP contribution >= 0.6 is 0 Å². The van der Waals surface area contributed by atoms with Crippen LogP contribution in [-0.2, 0) is 14.3 Å². The number of likely N-dealkylation sites (tertiary alicyclic amines) is 1. The van der Waals surface area contributed by atoms with E-state index in [0.717, 1.165) is 71.0 Å². The number of rotatable bonds is 13. The van der Waals surface area contributed by atoms with Gasteiger partial charge in [0.15, 0.2) is 0 Å². The first-order valence-corrected chi connectivity index (χ1v) is 12.7. The van der Waals surface area contributed by atoms with Crippen LogP contribution in [0.2, 0.25) is 0 Å². The number of Topliss-reactive ketones (excluding diaryl/α,β-unsaturated/α-hetero) is 1. The lowest BCUT2D eigenvalue weighted by atomic mass is 9.86. The van der Waals surface area contributed by atoms with E-state index in [2.05, 4.69) is 11.8 Å². The lowest BCUT2D eigenvalue weighted by Gasteiger charge is -2.41. The fourth-order valence-electron chi connectivity index (χ4n) is 5.01. The number of imide groups is 1. The van der Waals surface area contributed by atoms with Crippen molar-refractivity contribution in [1.29, 1.82) is 0 Å². The minimum Gasteiger partial charge on any atom is -0.459 e. The Labute approximate surface area is 202 Å². The summed E-state index contributed by atoms with van der Waals surface area (Å²) in [6.07, 6.45) is 7.86. The van der Waals surface area contributed by atoms with Gasteiger partial charge in [-0.25, -0.2) is 0 Å². The molecule has 7 heteroatoms. The second-order valence-corrected chi connectivity index (χ2v) is 9.67. The van der Waals surface area contributed by atoms with Crippen LogP contribution < -0.4 is 0 Å². The molecule has 0 radical (unpaired) electrons. The van der Waals surface area contributed by atoms with E-state index in [9.17, 15) is 19.2 Å². The highest BCUT2D eigenvalue weighted by Gasteiger charge is 2.37. The summed E-state index contributed by atoms with van der Waals surface area (Å²) in [6.45, 7) is 6.92. The number of nitrogens with zero attached hydrogens (tertiary/aromatic N) is 2. The molecule has 1 aromatic rings. The van der Waals surface area contributed by atoms with Gasteiger partial charge in [0.25, 0.3) is 11.8 Å². The van der Waals surface area contributed by atoms with Crippen molar-refractivity contribution in [3.8, 4) is 0 Å². The minimum absolute atomic E-state index is 0.0139. The molecule has 0 aromatic heterocycles. The smallest absolute Gasteiger partial charge is 0.306 e. The zero-order valence-corrected chi connectivity index (χ0v) is 20.6. The first kappa shape index (κ1) is 26.1. The number of ketones is 1. The Bertz CT molecular complexity index is 854. The fourth-order valence-corrected chi connectivity index (χ4v) is 5.01. The average molecular weight is 471 g/mol. The predicted octanol–water partition coefficient (Wildman–Crippen LogP) is 4.39. The SMILES string of the molecule is CCCC1(OC(=O)CCC(C)=O)CCN(CCCCCCN2C(=O)c3ccccc3C2=O)CC1. The molecule has 3 rings (SSSR count). The molecule has 0 N–H and O–H groups in total. The van der Waals surface area contributed by atoms with Gasteiger partial charge in [0.05, 0.1) is 17.5 Å². The van der Waals surface area contributed by atoms with Gasteiger partial charge < -0.3 is 14.4 Å². The second-order valence-electron chi connectivity index (χ2n) is 9.67. The van der Waals surface area contributed by atoms with E-state index >= 15 is 0 Å². The molecule has 2 aliphatic rings. The maximum atomic E-state index is 12.4. The zero-order chi connectivity index (χ0) is 24.6. The summed E-state index contributed by atoms with van der Waals surface area (Å²) >= 11 is 0. The Morgan fingerprint density at radius 2 is 1.50 bits per heavy atom. The van der Waals surface area contributed by atoms with E-state index in [1.165, 1.54) is 11.8 Å². The molecule has 1 saturated heterocycles. The highest BCUT2D eigenvalue weighted by Crippen LogP contribution is 2.32. The van der Waals surface area contributed by atoms with Crippen molar-refractivity contribution in [2.24, 2.45) is 0 Å². The van der Waals surface area contributed by atoms with E-state index in [1.807, 2.05) is 0 Å². The third-order valence-corrected chi connectivity index (χ3v) is 6.97. The van der Waals surface area contributed by atoms with Gasteiger partial charge in [0, 0.05) is 26.1 Å². The molecule has 0 bridgehead atoms. The summed E-state index contributed by atoms with van der Waals surface area (Å²) in [5, 5.41) is 0. The Morgan fingerprint density at radius 1 is 0.912 bits per heavy atom. The van der Waals surface area contributed by atoms with Gasteiger partial charge in [-0.2, -0.15) is 0 Å². The van der Waals surface area contributed by atoms with E-state index in [4.69, 9.17) is 4.74 Å². The molecule has 186 valence electrons.